The summed E-state index contributed by atoms with van der Waals surface area (Å²) in [6, 6.07) is 10.3. The highest BCUT2D eigenvalue weighted by Crippen LogP contribution is 2.37. The molecule has 2 fully saturated rings. The minimum atomic E-state index is -1.01. The predicted molar refractivity (Wildman–Crippen MR) is 153 cm³/mol. The predicted octanol–water partition coefficient (Wildman–Crippen LogP) is 3.89. The SMILES string of the molecule is Cc1cccc(-c2ccn(-c3nc(N4CCOCC4)c4sc(CN5CCN(N(C)C)C(F)C5)c(C)c4n3)n2)c1. The smallest absolute Gasteiger partial charge is 0.253 e. The third-order valence-electron chi connectivity index (χ3n) is 7.51. The summed E-state index contributed by atoms with van der Waals surface area (Å²) in [6.45, 7) is 9.68. The summed E-state index contributed by atoms with van der Waals surface area (Å²) in [7, 11) is 3.79. The third kappa shape index (κ3) is 5.29. The molecule has 0 saturated carbocycles. The first kappa shape index (κ1) is 26.3. The van der Waals surface area contributed by atoms with Crippen LogP contribution in [0.4, 0.5) is 10.2 Å². The van der Waals surface area contributed by atoms with E-state index in [2.05, 4.69) is 41.8 Å². The van der Waals surface area contributed by atoms with Gasteiger partial charge >= 0.3 is 0 Å². The average Bonchev–Trinajstić information content (AvgIpc) is 3.54. The van der Waals surface area contributed by atoms with Crippen LogP contribution >= 0.6 is 11.3 Å². The third-order valence-corrected chi connectivity index (χ3v) is 8.77. The van der Waals surface area contributed by atoms with Gasteiger partial charge in [0.2, 0.25) is 0 Å². The monoisotopic (exact) mass is 550 g/mol. The van der Waals surface area contributed by atoms with E-state index in [-0.39, 0.29) is 0 Å². The van der Waals surface area contributed by atoms with Crippen molar-refractivity contribution in [2.75, 3.05) is 64.9 Å². The first-order valence-corrected chi connectivity index (χ1v) is 14.2. The summed E-state index contributed by atoms with van der Waals surface area (Å²) in [5.74, 6) is 1.48. The number of hydrazine groups is 1. The molecule has 4 aromatic rings. The largest absolute Gasteiger partial charge is 0.378 e. The molecule has 3 aromatic heterocycles. The van der Waals surface area contributed by atoms with E-state index in [0.29, 0.717) is 38.8 Å². The molecule has 11 heteroatoms. The molecule has 0 aliphatic carbocycles. The minimum Gasteiger partial charge on any atom is -0.378 e. The molecule has 1 atom stereocenters. The van der Waals surface area contributed by atoms with Crippen LogP contribution in [0, 0.1) is 13.8 Å². The van der Waals surface area contributed by atoms with Gasteiger partial charge in [-0.3, -0.25) is 4.90 Å². The lowest BCUT2D eigenvalue weighted by atomic mass is 10.1. The highest BCUT2D eigenvalue weighted by atomic mass is 32.1. The van der Waals surface area contributed by atoms with Gasteiger partial charge in [0.05, 0.1) is 29.1 Å². The standard InChI is InChI=1S/C28H35FN8OS/c1-19-6-5-7-21(16-19)22-8-9-36(32-22)28-30-25-20(2)23(17-34-10-11-37(33(3)4)24(29)18-34)39-26(25)27(31-28)35-12-14-38-15-13-35/h5-9,16,24H,10-15,17-18H2,1-4H3. The number of morpholine rings is 1. The maximum atomic E-state index is 14.8. The number of nitrogens with zero attached hydrogens (tertiary/aromatic N) is 8. The second kappa shape index (κ2) is 10.9. The maximum absolute atomic E-state index is 14.8. The Morgan fingerprint density at radius 3 is 2.64 bits per heavy atom. The number of ether oxygens (including phenoxy) is 1. The Morgan fingerprint density at radius 2 is 1.90 bits per heavy atom. The highest BCUT2D eigenvalue weighted by Gasteiger charge is 2.29. The number of rotatable bonds is 6. The van der Waals surface area contributed by atoms with Crippen molar-refractivity contribution in [2.45, 2.75) is 26.7 Å². The normalized spacial score (nSPS) is 19.4. The number of anilines is 1. The molecule has 0 amide bonds. The van der Waals surface area contributed by atoms with Crippen molar-refractivity contribution < 1.29 is 9.13 Å². The molecular weight excluding hydrogens is 515 g/mol. The molecule has 206 valence electrons. The van der Waals surface area contributed by atoms with Gasteiger partial charge < -0.3 is 9.64 Å². The number of piperazine rings is 1. The van der Waals surface area contributed by atoms with E-state index in [4.69, 9.17) is 19.8 Å². The Balaban J connectivity index is 1.36. The Hall–Kier alpha value is -2.96. The number of benzene rings is 1. The van der Waals surface area contributed by atoms with Gasteiger partial charge in [0.1, 0.15) is 0 Å². The van der Waals surface area contributed by atoms with Gasteiger partial charge in [-0.25, -0.2) is 24.1 Å². The molecule has 6 rings (SSSR count). The zero-order chi connectivity index (χ0) is 27.1. The molecule has 0 N–H and O–H groups in total. The van der Waals surface area contributed by atoms with Crippen molar-refractivity contribution in [3.8, 4) is 17.2 Å². The first-order valence-electron chi connectivity index (χ1n) is 13.4. The number of alkyl halides is 1. The van der Waals surface area contributed by atoms with Crippen molar-refractivity contribution in [2.24, 2.45) is 0 Å². The zero-order valence-electron chi connectivity index (χ0n) is 23.0. The quantitative estimate of drug-likeness (QED) is 0.335. The minimum absolute atomic E-state index is 0.383. The number of thiophene rings is 1. The lowest BCUT2D eigenvalue weighted by Gasteiger charge is -2.40. The molecule has 0 bridgehead atoms. The van der Waals surface area contributed by atoms with E-state index in [9.17, 15) is 4.39 Å². The molecule has 2 saturated heterocycles. The van der Waals surface area contributed by atoms with Crippen LogP contribution in [0.25, 0.3) is 27.4 Å². The first-order chi connectivity index (χ1) is 18.9. The van der Waals surface area contributed by atoms with Crippen molar-refractivity contribution in [3.63, 3.8) is 0 Å². The molecule has 2 aliphatic rings. The summed E-state index contributed by atoms with van der Waals surface area (Å²) in [5, 5.41) is 8.46. The fourth-order valence-electron chi connectivity index (χ4n) is 5.32. The zero-order valence-corrected chi connectivity index (χ0v) is 23.8. The van der Waals surface area contributed by atoms with Crippen LogP contribution in [0.1, 0.15) is 16.0 Å². The van der Waals surface area contributed by atoms with Crippen LogP contribution in [0.2, 0.25) is 0 Å². The van der Waals surface area contributed by atoms with Crippen molar-refractivity contribution in [1.29, 1.82) is 0 Å². The Labute approximate surface area is 232 Å². The summed E-state index contributed by atoms with van der Waals surface area (Å²) in [5.41, 5.74) is 5.22. The van der Waals surface area contributed by atoms with E-state index in [1.807, 2.05) is 37.4 Å². The number of hydrogen-bond donors (Lipinski definition) is 0. The fraction of sp³-hybridized carbons (Fsp3) is 0.464. The van der Waals surface area contributed by atoms with E-state index >= 15 is 0 Å². The highest BCUT2D eigenvalue weighted by molar-refractivity contribution is 7.19. The van der Waals surface area contributed by atoms with Gasteiger partial charge in [0.25, 0.3) is 5.95 Å². The van der Waals surface area contributed by atoms with Crippen LogP contribution < -0.4 is 4.90 Å². The Kier molecular flexibility index (Phi) is 7.34. The molecule has 2 aliphatic heterocycles. The number of aryl methyl sites for hydroxylation is 2. The van der Waals surface area contributed by atoms with Crippen LogP contribution in [0.15, 0.2) is 36.5 Å². The average molecular weight is 551 g/mol. The van der Waals surface area contributed by atoms with Gasteiger partial charge in [0, 0.05) is 70.0 Å². The molecule has 1 aromatic carbocycles. The maximum Gasteiger partial charge on any atom is 0.253 e. The molecule has 1 unspecified atom stereocenters. The van der Waals surface area contributed by atoms with Crippen LogP contribution in [-0.2, 0) is 11.3 Å². The Morgan fingerprint density at radius 1 is 1.08 bits per heavy atom. The summed E-state index contributed by atoms with van der Waals surface area (Å²) >= 11 is 1.73. The van der Waals surface area contributed by atoms with E-state index < -0.39 is 6.30 Å². The van der Waals surface area contributed by atoms with Gasteiger partial charge in [0.15, 0.2) is 12.1 Å². The molecule has 5 heterocycles. The van der Waals surface area contributed by atoms with E-state index in [0.717, 1.165) is 52.5 Å². The van der Waals surface area contributed by atoms with Crippen molar-refractivity contribution in [3.05, 3.63) is 52.5 Å². The number of halogens is 1. The van der Waals surface area contributed by atoms with E-state index in [1.54, 1.807) is 21.0 Å². The molecular formula is C28H35FN8OS. The fourth-order valence-corrected chi connectivity index (χ4v) is 6.63. The molecule has 0 radical (unpaired) electrons. The number of hydrogen-bond acceptors (Lipinski definition) is 9. The van der Waals surface area contributed by atoms with Crippen LogP contribution in [-0.4, -0.2) is 101 Å². The number of aromatic nitrogens is 4. The topological polar surface area (TPSA) is 65.8 Å². The summed E-state index contributed by atoms with van der Waals surface area (Å²) < 4.78 is 23.3. The molecule has 39 heavy (non-hydrogen) atoms. The van der Waals surface area contributed by atoms with Gasteiger partial charge in [-0.15, -0.1) is 11.3 Å². The van der Waals surface area contributed by atoms with Crippen molar-refractivity contribution in [1.82, 2.24) is 34.7 Å². The lowest BCUT2D eigenvalue weighted by Crippen LogP contribution is -2.55. The van der Waals surface area contributed by atoms with Crippen LogP contribution in [0.5, 0.6) is 0 Å². The lowest BCUT2D eigenvalue weighted by molar-refractivity contribution is -0.115. The molecule has 0 spiro atoms. The van der Waals surface area contributed by atoms with Gasteiger partial charge in [-0.05, 0) is 31.5 Å². The van der Waals surface area contributed by atoms with Crippen LogP contribution in [0.3, 0.4) is 0 Å². The second-order valence-corrected chi connectivity index (χ2v) is 11.6. The second-order valence-electron chi connectivity index (χ2n) is 10.5. The van der Waals surface area contributed by atoms with Gasteiger partial charge in [-0.1, -0.05) is 23.8 Å². The van der Waals surface area contributed by atoms with Crippen molar-refractivity contribution >= 4 is 27.4 Å². The molecule has 9 nitrogen and oxygen atoms in total. The number of fused-ring (bicyclic) bond motifs is 1. The summed E-state index contributed by atoms with van der Waals surface area (Å²) in [4.78, 5) is 15.8. The van der Waals surface area contributed by atoms with E-state index in [1.165, 1.54) is 10.4 Å². The Bertz CT molecular complexity index is 1460. The summed E-state index contributed by atoms with van der Waals surface area (Å²) in [6.07, 6.45) is 0.914. The van der Waals surface area contributed by atoms with Gasteiger partial charge in [-0.2, -0.15) is 10.1 Å².